The Balaban J connectivity index is 1.62. The molecule has 2 rings (SSSR count). The predicted molar refractivity (Wildman–Crippen MR) is 55.7 cm³/mol. The van der Waals surface area contributed by atoms with Crippen LogP contribution in [0, 0.1) is 17.8 Å². The van der Waals surface area contributed by atoms with Gasteiger partial charge in [0, 0.05) is 6.04 Å². The molecule has 0 aromatic heterocycles. The topological polar surface area (TPSA) is 24.1 Å². The second kappa shape index (κ2) is 3.97. The minimum atomic E-state index is 0.836. The molecule has 1 aliphatic carbocycles. The molecule has 1 aliphatic heterocycles. The van der Waals surface area contributed by atoms with Crippen molar-refractivity contribution in [1.82, 2.24) is 10.6 Å². The van der Waals surface area contributed by atoms with Crippen molar-refractivity contribution in [3.05, 3.63) is 0 Å². The van der Waals surface area contributed by atoms with E-state index in [0.29, 0.717) is 0 Å². The van der Waals surface area contributed by atoms with Crippen molar-refractivity contribution < 1.29 is 0 Å². The van der Waals surface area contributed by atoms with Gasteiger partial charge in [-0.1, -0.05) is 13.8 Å². The molecule has 0 bridgehead atoms. The van der Waals surface area contributed by atoms with Gasteiger partial charge in [0.2, 0.25) is 0 Å². The summed E-state index contributed by atoms with van der Waals surface area (Å²) >= 11 is 0. The third-order valence-corrected chi connectivity index (χ3v) is 3.72. The molecule has 1 saturated carbocycles. The van der Waals surface area contributed by atoms with E-state index in [1.807, 2.05) is 0 Å². The maximum Gasteiger partial charge on any atom is 0.00722 e. The van der Waals surface area contributed by atoms with E-state index in [-0.39, 0.29) is 0 Å². The lowest BCUT2D eigenvalue weighted by Gasteiger charge is -2.34. The van der Waals surface area contributed by atoms with Crippen molar-refractivity contribution in [1.29, 1.82) is 0 Å². The fourth-order valence-corrected chi connectivity index (χ4v) is 2.52. The van der Waals surface area contributed by atoms with E-state index in [4.69, 9.17) is 0 Å². The Morgan fingerprint density at radius 3 is 2.54 bits per heavy atom. The molecule has 1 saturated heterocycles. The minimum Gasteiger partial charge on any atom is -0.316 e. The molecule has 2 nitrogen and oxygen atoms in total. The van der Waals surface area contributed by atoms with E-state index in [2.05, 4.69) is 24.5 Å². The second-order valence-electron chi connectivity index (χ2n) is 5.08. The summed E-state index contributed by atoms with van der Waals surface area (Å²) in [6.45, 7) is 8.36. The fraction of sp³-hybridized carbons (Fsp3) is 1.00. The van der Waals surface area contributed by atoms with Crippen LogP contribution in [0.25, 0.3) is 0 Å². The van der Waals surface area contributed by atoms with Gasteiger partial charge >= 0.3 is 0 Å². The average Bonchev–Trinajstić information content (AvgIpc) is 2.43. The maximum absolute atomic E-state index is 3.68. The first-order valence-corrected chi connectivity index (χ1v) is 5.70. The molecular weight excluding hydrogens is 160 g/mol. The Morgan fingerprint density at radius 2 is 2.00 bits per heavy atom. The van der Waals surface area contributed by atoms with Crippen molar-refractivity contribution >= 4 is 0 Å². The second-order valence-corrected chi connectivity index (χ2v) is 5.08. The molecule has 0 radical (unpaired) electrons. The molecular formula is C11H22N2. The van der Waals surface area contributed by atoms with Crippen molar-refractivity contribution in [2.24, 2.45) is 17.8 Å². The number of hydrogen-bond acceptors (Lipinski definition) is 2. The maximum atomic E-state index is 3.68. The zero-order valence-corrected chi connectivity index (χ0v) is 8.84. The van der Waals surface area contributed by atoms with E-state index in [9.17, 15) is 0 Å². The summed E-state index contributed by atoms with van der Waals surface area (Å²) in [5.41, 5.74) is 0. The number of hydrogen-bond donors (Lipinski definition) is 2. The highest BCUT2D eigenvalue weighted by atomic mass is 15.0. The summed E-state index contributed by atoms with van der Waals surface area (Å²) < 4.78 is 0. The van der Waals surface area contributed by atoms with Gasteiger partial charge in [0.1, 0.15) is 0 Å². The van der Waals surface area contributed by atoms with E-state index in [1.165, 1.54) is 32.5 Å². The largest absolute Gasteiger partial charge is 0.316 e. The Bertz CT molecular complexity index is 163. The summed E-state index contributed by atoms with van der Waals surface area (Å²) in [6, 6.07) is 0.836. The molecule has 76 valence electrons. The van der Waals surface area contributed by atoms with Gasteiger partial charge in [-0.05, 0) is 50.2 Å². The Kier molecular flexibility index (Phi) is 2.89. The molecule has 0 spiro atoms. The van der Waals surface area contributed by atoms with Gasteiger partial charge in [0.15, 0.2) is 0 Å². The van der Waals surface area contributed by atoms with Gasteiger partial charge in [0.25, 0.3) is 0 Å². The first kappa shape index (κ1) is 9.47. The SMILES string of the molecule is CC1CC(NCC2CNCC2C)C1. The molecule has 2 aliphatic rings. The molecule has 2 unspecified atom stereocenters. The predicted octanol–water partition coefficient (Wildman–Crippen LogP) is 1.23. The van der Waals surface area contributed by atoms with E-state index in [0.717, 1.165) is 23.8 Å². The van der Waals surface area contributed by atoms with E-state index >= 15 is 0 Å². The zero-order valence-electron chi connectivity index (χ0n) is 8.84. The number of rotatable bonds is 3. The van der Waals surface area contributed by atoms with Crippen LogP contribution in [-0.4, -0.2) is 25.7 Å². The quantitative estimate of drug-likeness (QED) is 0.686. The summed E-state index contributed by atoms with van der Waals surface area (Å²) in [5, 5.41) is 7.13. The summed E-state index contributed by atoms with van der Waals surface area (Å²) in [5.74, 6) is 2.71. The van der Waals surface area contributed by atoms with Gasteiger partial charge in [-0.3, -0.25) is 0 Å². The third kappa shape index (κ3) is 2.23. The standard InChI is InChI=1S/C11H22N2/c1-8-3-11(4-8)13-7-10-6-12-5-9(10)2/h8-13H,3-7H2,1-2H3. The molecule has 13 heavy (non-hydrogen) atoms. The summed E-state index contributed by atoms with van der Waals surface area (Å²) in [6.07, 6.45) is 2.79. The molecule has 0 aromatic carbocycles. The van der Waals surface area contributed by atoms with Crippen LogP contribution in [0.5, 0.6) is 0 Å². The van der Waals surface area contributed by atoms with Gasteiger partial charge < -0.3 is 10.6 Å². The highest BCUT2D eigenvalue weighted by Gasteiger charge is 2.28. The molecule has 2 fully saturated rings. The van der Waals surface area contributed by atoms with E-state index < -0.39 is 0 Å². The molecule has 2 heteroatoms. The Morgan fingerprint density at radius 1 is 1.23 bits per heavy atom. The summed E-state index contributed by atoms with van der Waals surface area (Å²) in [7, 11) is 0. The normalized spacial score (nSPS) is 44.8. The van der Waals surface area contributed by atoms with Crippen molar-refractivity contribution in [3.63, 3.8) is 0 Å². The molecule has 1 heterocycles. The van der Waals surface area contributed by atoms with Crippen molar-refractivity contribution in [2.45, 2.75) is 32.7 Å². The monoisotopic (exact) mass is 182 g/mol. The highest BCUT2D eigenvalue weighted by Crippen LogP contribution is 2.26. The van der Waals surface area contributed by atoms with Gasteiger partial charge in [-0.2, -0.15) is 0 Å². The third-order valence-electron chi connectivity index (χ3n) is 3.72. The van der Waals surface area contributed by atoms with Crippen LogP contribution in [0.1, 0.15) is 26.7 Å². The zero-order chi connectivity index (χ0) is 9.26. The lowest BCUT2D eigenvalue weighted by atomic mass is 9.81. The van der Waals surface area contributed by atoms with Crippen molar-refractivity contribution in [3.8, 4) is 0 Å². The van der Waals surface area contributed by atoms with Crippen LogP contribution >= 0.6 is 0 Å². The fourth-order valence-electron chi connectivity index (χ4n) is 2.52. The molecule has 2 atom stereocenters. The number of nitrogens with one attached hydrogen (secondary N) is 2. The van der Waals surface area contributed by atoms with Crippen molar-refractivity contribution in [2.75, 3.05) is 19.6 Å². The minimum absolute atomic E-state index is 0.836. The first-order valence-electron chi connectivity index (χ1n) is 5.70. The van der Waals surface area contributed by atoms with Crippen LogP contribution in [-0.2, 0) is 0 Å². The first-order chi connectivity index (χ1) is 6.25. The van der Waals surface area contributed by atoms with E-state index in [1.54, 1.807) is 0 Å². The summed E-state index contributed by atoms with van der Waals surface area (Å²) in [4.78, 5) is 0. The van der Waals surface area contributed by atoms with Crippen LogP contribution in [0.2, 0.25) is 0 Å². The lowest BCUT2D eigenvalue weighted by molar-refractivity contribution is 0.228. The van der Waals surface area contributed by atoms with Crippen LogP contribution in [0.3, 0.4) is 0 Å². The van der Waals surface area contributed by atoms with Crippen LogP contribution in [0.15, 0.2) is 0 Å². The average molecular weight is 182 g/mol. The Labute approximate surface area is 81.5 Å². The molecule has 2 N–H and O–H groups in total. The van der Waals surface area contributed by atoms with Gasteiger partial charge in [-0.25, -0.2) is 0 Å². The van der Waals surface area contributed by atoms with Crippen LogP contribution in [0.4, 0.5) is 0 Å². The Hall–Kier alpha value is -0.0800. The van der Waals surface area contributed by atoms with Gasteiger partial charge in [0.05, 0.1) is 0 Å². The lowest BCUT2D eigenvalue weighted by Crippen LogP contribution is -2.43. The molecule has 0 amide bonds. The van der Waals surface area contributed by atoms with Gasteiger partial charge in [-0.15, -0.1) is 0 Å². The van der Waals surface area contributed by atoms with Crippen LogP contribution < -0.4 is 10.6 Å². The smallest absolute Gasteiger partial charge is 0.00722 e. The molecule has 0 aromatic rings. The highest BCUT2D eigenvalue weighted by molar-refractivity contribution is 4.85.